The van der Waals surface area contributed by atoms with E-state index in [1.165, 1.54) is 0 Å². The smallest absolute Gasteiger partial charge is 0.342 e. The summed E-state index contributed by atoms with van der Waals surface area (Å²) in [6.07, 6.45) is -17.5. The molecule has 6 rings (SSSR count). The molecule has 0 spiro atoms. The lowest BCUT2D eigenvalue weighted by molar-refractivity contribution is -0.287. The first-order chi connectivity index (χ1) is 32.3. The summed E-state index contributed by atoms with van der Waals surface area (Å²) in [4.78, 5) is 94.7. The van der Waals surface area contributed by atoms with E-state index in [1.807, 2.05) is 0 Å². The first-order valence-corrected chi connectivity index (χ1v) is 19.1. The van der Waals surface area contributed by atoms with Crippen molar-refractivity contribution >= 4 is 41.8 Å². The van der Waals surface area contributed by atoms with E-state index in [9.17, 15) is 110 Å². The average molecular weight is 975 g/mol. The van der Waals surface area contributed by atoms with Gasteiger partial charge in [-0.1, -0.05) is 0 Å². The van der Waals surface area contributed by atoms with Crippen LogP contribution in [0.3, 0.4) is 0 Å². The fourth-order valence-electron chi connectivity index (χ4n) is 7.14. The molecule has 0 aromatic heterocycles. The van der Waals surface area contributed by atoms with Gasteiger partial charge in [0.15, 0.2) is 75.8 Å². The molecule has 366 valence electrons. The van der Waals surface area contributed by atoms with Crippen LogP contribution in [0, 0.1) is 5.92 Å². The number of aromatic hydroxyl groups is 12. The summed E-state index contributed by atoms with van der Waals surface area (Å²) >= 11 is 0. The molecule has 0 saturated carbocycles. The van der Waals surface area contributed by atoms with Crippen molar-refractivity contribution in [3.8, 4) is 69.0 Å². The third kappa shape index (κ3) is 9.53. The Morgan fingerprint density at radius 1 is 0.594 bits per heavy atom. The number of esters is 5. The zero-order valence-electron chi connectivity index (χ0n) is 34.1. The van der Waals surface area contributed by atoms with E-state index >= 15 is 0 Å². The van der Waals surface area contributed by atoms with Crippen molar-refractivity contribution in [3.63, 3.8) is 0 Å². The van der Waals surface area contributed by atoms with Gasteiger partial charge in [0.25, 0.3) is 0 Å². The van der Waals surface area contributed by atoms with Crippen molar-refractivity contribution in [1.82, 2.24) is 0 Å². The number of rotatable bonds is 11. The number of carboxylic acid groups (broad SMARTS) is 2. The summed E-state index contributed by atoms with van der Waals surface area (Å²) in [5, 5.41) is 154. The normalized spacial score (nSPS) is 21.5. The van der Waals surface area contributed by atoms with E-state index in [0.717, 1.165) is 0 Å². The average Bonchev–Trinajstić information content (AvgIpc) is 3.29. The molecule has 8 unspecified atom stereocenters. The highest BCUT2D eigenvalue weighted by atomic mass is 16.7. The number of phenols is 12. The third-order valence-electron chi connectivity index (χ3n) is 10.5. The van der Waals surface area contributed by atoms with Crippen LogP contribution in [0.25, 0.3) is 0 Å². The number of hydrogen-bond acceptors (Lipinski definition) is 26. The second-order valence-corrected chi connectivity index (χ2v) is 14.8. The number of aliphatic hydroxyl groups excluding tert-OH is 1. The molecule has 2 bridgehead atoms. The minimum absolute atomic E-state index is 0.263. The maximum atomic E-state index is 14.5. The molecule has 2 aliphatic heterocycles. The topological polar surface area (TPSA) is 478 Å². The molecule has 0 amide bonds. The highest BCUT2D eigenvalue weighted by Gasteiger charge is 2.57. The first kappa shape index (κ1) is 49.1. The first-order valence-electron chi connectivity index (χ1n) is 19.1. The Bertz CT molecular complexity index is 2750. The SMILES string of the molecule is O=C(O)CC1C(=O)OC2C(COC(=O)c3cc(O)c(O)c(O)c3)OC(OC(=O)c3cc(O)c(O)c(O)c3)C(OC(=O)c3cc(O)c(O)c(O)c3C1C(O)C(=O)O)C2OC(=O)c1ccc(O)c(O)c1O. The highest BCUT2D eigenvalue weighted by Crippen LogP contribution is 2.49. The van der Waals surface area contributed by atoms with Gasteiger partial charge in [0.05, 0.1) is 29.0 Å². The Hall–Kier alpha value is -9.31. The van der Waals surface area contributed by atoms with Gasteiger partial charge in [0, 0.05) is 11.5 Å². The number of fused-ring (bicyclic) bond motifs is 3. The van der Waals surface area contributed by atoms with Crippen LogP contribution in [0.4, 0.5) is 0 Å². The Kier molecular flexibility index (Phi) is 13.4. The minimum atomic E-state index is -3.04. The standard InChI is InChI=1S/C41H34O28/c42-15-2-1-12(25(50)28(15)53)38(61)67-33-32-21(9-64-36(59)10-3-16(43)26(51)17(44)4-10)65-41(69-37(60)11-5-18(45)27(52)19(46)6-11)34(33)68-39(62)13-7-20(47)29(54)30(55)23(13)24(31(56)35(57)58)14(8-22(48)49)40(63)66-32/h1-7,14,21,24,31-34,41-47,50-56H,8-9H2,(H,48,49)(H,57,58). The van der Waals surface area contributed by atoms with Crippen LogP contribution < -0.4 is 0 Å². The molecule has 1 fully saturated rings. The molecular weight excluding hydrogens is 940 g/mol. The van der Waals surface area contributed by atoms with Gasteiger partial charge < -0.3 is 105 Å². The second kappa shape index (κ2) is 18.9. The number of aliphatic hydroxyl groups is 1. The summed E-state index contributed by atoms with van der Waals surface area (Å²) in [6, 6.07) is 3.73. The zero-order valence-corrected chi connectivity index (χ0v) is 34.1. The van der Waals surface area contributed by atoms with Crippen LogP contribution in [0.2, 0.25) is 0 Å². The van der Waals surface area contributed by atoms with E-state index in [0.29, 0.717) is 36.4 Å². The van der Waals surface area contributed by atoms with E-state index in [4.69, 9.17) is 28.4 Å². The van der Waals surface area contributed by atoms with Gasteiger partial charge in [-0.3, -0.25) is 9.59 Å². The van der Waals surface area contributed by atoms with Crippen molar-refractivity contribution in [3.05, 3.63) is 70.3 Å². The number of carboxylic acids is 2. The van der Waals surface area contributed by atoms with Crippen LogP contribution in [-0.2, 0) is 42.8 Å². The van der Waals surface area contributed by atoms with E-state index in [1.54, 1.807) is 0 Å². The number of ether oxygens (including phenoxy) is 6. The number of carbonyl (C=O) groups is 7. The summed E-state index contributed by atoms with van der Waals surface area (Å²) in [5.41, 5.74) is -5.21. The van der Waals surface area contributed by atoms with E-state index in [-0.39, 0.29) is 6.07 Å². The Labute approximate surface area is 381 Å². The summed E-state index contributed by atoms with van der Waals surface area (Å²) in [6.45, 7) is -1.36. The lowest BCUT2D eigenvalue weighted by atomic mass is 9.77. The fraction of sp³-hybridized carbons (Fsp3) is 0.244. The predicted molar refractivity (Wildman–Crippen MR) is 211 cm³/mol. The highest BCUT2D eigenvalue weighted by molar-refractivity contribution is 5.97. The second-order valence-electron chi connectivity index (χ2n) is 14.8. The van der Waals surface area contributed by atoms with Gasteiger partial charge in [-0.2, -0.15) is 0 Å². The van der Waals surface area contributed by atoms with Crippen LogP contribution >= 0.6 is 0 Å². The minimum Gasteiger partial charge on any atom is -0.504 e. The lowest BCUT2D eigenvalue weighted by Gasteiger charge is -2.44. The van der Waals surface area contributed by atoms with Crippen molar-refractivity contribution in [2.24, 2.45) is 5.92 Å². The zero-order chi connectivity index (χ0) is 51.1. The lowest BCUT2D eigenvalue weighted by Crippen LogP contribution is -2.63. The number of aliphatic carboxylic acids is 2. The monoisotopic (exact) mass is 974 g/mol. The van der Waals surface area contributed by atoms with Crippen LogP contribution in [-0.4, -0.2) is 162 Å². The number of hydrogen-bond donors (Lipinski definition) is 15. The Balaban J connectivity index is 1.61. The molecule has 2 aliphatic rings. The quantitative estimate of drug-likeness (QED) is 0.0529. The molecule has 0 aliphatic carbocycles. The van der Waals surface area contributed by atoms with E-state index in [2.05, 4.69) is 0 Å². The Morgan fingerprint density at radius 2 is 1.13 bits per heavy atom. The molecule has 69 heavy (non-hydrogen) atoms. The van der Waals surface area contributed by atoms with Crippen LogP contribution in [0.5, 0.6) is 69.0 Å². The Morgan fingerprint density at radius 3 is 1.68 bits per heavy atom. The molecule has 28 nitrogen and oxygen atoms in total. The molecule has 2 heterocycles. The third-order valence-corrected chi connectivity index (χ3v) is 10.5. The van der Waals surface area contributed by atoms with Gasteiger partial charge in [0.1, 0.15) is 18.3 Å². The van der Waals surface area contributed by atoms with Gasteiger partial charge in [-0.25, -0.2) is 24.0 Å². The number of carbonyl (C=O) groups excluding carboxylic acids is 5. The maximum absolute atomic E-state index is 14.5. The van der Waals surface area contributed by atoms with Gasteiger partial charge in [-0.15, -0.1) is 0 Å². The summed E-state index contributed by atoms with van der Waals surface area (Å²) in [7, 11) is 0. The van der Waals surface area contributed by atoms with Crippen molar-refractivity contribution in [2.75, 3.05) is 6.61 Å². The molecule has 4 aromatic carbocycles. The van der Waals surface area contributed by atoms with E-state index < -0.39 is 200 Å². The molecule has 15 N–H and O–H groups in total. The van der Waals surface area contributed by atoms with Crippen molar-refractivity contribution < 1.29 is 139 Å². The number of benzene rings is 4. The van der Waals surface area contributed by atoms with Gasteiger partial charge in [-0.05, 0) is 42.5 Å². The maximum Gasteiger partial charge on any atom is 0.342 e. The fourth-order valence-corrected chi connectivity index (χ4v) is 7.14. The molecule has 8 atom stereocenters. The van der Waals surface area contributed by atoms with Crippen molar-refractivity contribution in [2.45, 2.75) is 49.1 Å². The molecule has 28 heteroatoms. The van der Waals surface area contributed by atoms with Crippen LogP contribution in [0.15, 0.2) is 42.5 Å². The van der Waals surface area contributed by atoms with Crippen LogP contribution in [0.1, 0.15) is 59.3 Å². The van der Waals surface area contributed by atoms with Gasteiger partial charge >= 0.3 is 41.8 Å². The van der Waals surface area contributed by atoms with Crippen molar-refractivity contribution in [1.29, 1.82) is 0 Å². The molecule has 1 saturated heterocycles. The number of phenolic OH excluding ortho intramolecular Hbond substituents is 12. The predicted octanol–water partition coefficient (Wildman–Crippen LogP) is -0.111. The van der Waals surface area contributed by atoms with Gasteiger partial charge in [0.2, 0.25) is 23.9 Å². The molecule has 4 aromatic rings. The summed E-state index contributed by atoms with van der Waals surface area (Å²) in [5.74, 6) is -33.5. The largest absolute Gasteiger partial charge is 0.504 e. The molecular formula is C41H34O28. The summed E-state index contributed by atoms with van der Waals surface area (Å²) < 4.78 is 33.1. The molecule has 0 radical (unpaired) electrons.